The molecule has 2 nitrogen and oxygen atoms in total. The summed E-state index contributed by atoms with van der Waals surface area (Å²) in [6, 6.07) is 7.20. The minimum Gasteiger partial charge on any atom is -0.382 e. The zero-order valence-corrected chi connectivity index (χ0v) is 11.4. The van der Waals surface area contributed by atoms with Crippen LogP contribution in [0.25, 0.3) is 0 Å². The highest BCUT2D eigenvalue weighted by atomic mass is 19.1. The summed E-state index contributed by atoms with van der Waals surface area (Å²) < 4.78 is 18.5. The van der Waals surface area contributed by atoms with Gasteiger partial charge in [-0.25, -0.2) is 4.39 Å². The lowest BCUT2D eigenvalue weighted by Gasteiger charge is -2.18. The standard InChI is InChI=1S/C15H24FNO/c1-3-9-17-15(8-10-18-4-2)12-13-6-5-7-14(16)11-13/h5-7,11,15,17H,3-4,8-10,12H2,1-2H3. The van der Waals surface area contributed by atoms with Crippen LogP contribution in [0.2, 0.25) is 0 Å². The van der Waals surface area contributed by atoms with Crippen molar-refractivity contribution < 1.29 is 9.13 Å². The van der Waals surface area contributed by atoms with Gasteiger partial charge in [0.15, 0.2) is 0 Å². The fraction of sp³-hybridized carbons (Fsp3) is 0.600. The Balaban J connectivity index is 2.48. The van der Waals surface area contributed by atoms with Crippen LogP contribution in [0.1, 0.15) is 32.3 Å². The van der Waals surface area contributed by atoms with E-state index >= 15 is 0 Å². The molecule has 0 aliphatic carbocycles. The summed E-state index contributed by atoms with van der Waals surface area (Å²) >= 11 is 0. The van der Waals surface area contributed by atoms with Gasteiger partial charge in [0.05, 0.1) is 0 Å². The molecule has 102 valence electrons. The predicted molar refractivity (Wildman–Crippen MR) is 73.3 cm³/mol. The lowest BCUT2D eigenvalue weighted by molar-refractivity contribution is 0.136. The smallest absolute Gasteiger partial charge is 0.123 e. The van der Waals surface area contributed by atoms with Gasteiger partial charge < -0.3 is 10.1 Å². The summed E-state index contributed by atoms with van der Waals surface area (Å²) in [5.74, 6) is -0.161. The number of benzene rings is 1. The van der Waals surface area contributed by atoms with E-state index in [9.17, 15) is 4.39 Å². The molecule has 0 aliphatic rings. The normalized spacial score (nSPS) is 12.6. The molecule has 0 aliphatic heterocycles. The lowest BCUT2D eigenvalue weighted by atomic mass is 10.0. The van der Waals surface area contributed by atoms with Crippen LogP contribution in [-0.2, 0) is 11.2 Å². The number of rotatable bonds is 9. The van der Waals surface area contributed by atoms with E-state index in [1.165, 1.54) is 6.07 Å². The minimum atomic E-state index is -0.161. The van der Waals surface area contributed by atoms with E-state index in [-0.39, 0.29) is 5.82 Å². The summed E-state index contributed by atoms with van der Waals surface area (Å²) in [5, 5.41) is 3.49. The minimum absolute atomic E-state index is 0.161. The molecule has 1 aromatic carbocycles. The maximum Gasteiger partial charge on any atom is 0.123 e. The van der Waals surface area contributed by atoms with Crippen LogP contribution in [0.5, 0.6) is 0 Å². The van der Waals surface area contributed by atoms with Crippen LogP contribution in [-0.4, -0.2) is 25.8 Å². The van der Waals surface area contributed by atoms with Crippen molar-refractivity contribution in [3.05, 3.63) is 35.6 Å². The van der Waals surface area contributed by atoms with E-state index in [0.29, 0.717) is 6.04 Å². The topological polar surface area (TPSA) is 21.3 Å². The molecule has 1 aromatic rings. The third-order valence-electron chi connectivity index (χ3n) is 2.87. The second kappa shape index (κ2) is 9.06. The Bertz CT molecular complexity index is 330. The van der Waals surface area contributed by atoms with Crippen molar-refractivity contribution in [1.82, 2.24) is 5.32 Å². The van der Waals surface area contributed by atoms with Crippen molar-refractivity contribution in [3.8, 4) is 0 Å². The molecular weight excluding hydrogens is 229 g/mol. The monoisotopic (exact) mass is 253 g/mol. The Morgan fingerprint density at radius 3 is 2.83 bits per heavy atom. The first-order valence-electron chi connectivity index (χ1n) is 6.81. The molecule has 0 fully saturated rings. The number of hydrogen-bond acceptors (Lipinski definition) is 2. The molecule has 0 saturated carbocycles. The number of halogens is 1. The van der Waals surface area contributed by atoms with E-state index in [4.69, 9.17) is 4.74 Å². The molecule has 0 radical (unpaired) electrons. The summed E-state index contributed by atoms with van der Waals surface area (Å²) in [7, 11) is 0. The van der Waals surface area contributed by atoms with Crippen LogP contribution < -0.4 is 5.32 Å². The zero-order chi connectivity index (χ0) is 13.2. The Hall–Kier alpha value is -0.930. The van der Waals surface area contributed by atoms with Gasteiger partial charge in [0.2, 0.25) is 0 Å². The molecule has 0 amide bonds. The Labute approximate surface area is 110 Å². The SMILES string of the molecule is CCCNC(CCOCC)Cc1cccc(F)c1. The van der Waals surface area contributed by atoms with Crippen molar-refractivity contribution in [2.24, 2.45) is 0 Å². The average Bonchev–Trinajstić information content (AvgIpc) is 2.36. The van der Waals surface area contributed by atoms with E-state index < -0.39 is 0 Å². The molecular formula is C15H24FNO. The van der Waals surface area contributed by atoms with Gasteiger partial charge in [-0.05, 0) is 50.4 Å². The number of nitrogens with one attached hydrogen (secondary N) is 1. The fourth-order valence-corrected chi connectivity index (χ4v) is 1.94. The summed E-state index contributed by atoms with van der Waals surface area (Å²) in [6.07, 6.45) is 2.92. The Kier molecular flexibility index (Phi) is 7.62. The van der Waals surface area contributed by atoms with Gasteiger partial charge in [-0.2, -0.15) is 0 Å². The zero-order valence-electron chi connectivity index (χ0n) is 11.4. The van der Waals surface area contributed by atoms with Crippen LogP contribution in [0.3, 0.4) is 0 Å². The van der Waals surface area contributed by atoms with Crippen LogP contribution in [0, 0.1) is 5.82 Å². The number of hydrogen-bond donors (Lipinski definition) is 1. The van der Waals surface area contributed by atoms with E-state index in [0.717, 1.165) is 44.6 Å². The average molecular weight is 253 g/mol. The third kappa shape index (κ3) is 6.12. The first-order valence-corrected chi connectivity index (χ1v) is 6.81. The highest BCUT2D eigenvalue weighted by molar-refractivity contribution is 5.17. The van der Waals surface area contributed by atoms with Crippen LogP contribution >= 0.6 is 0 Å². The predicted octanol–water partition coefficient (Wildman–Crippen LogP) is 3.16. The van der Waals surface area contributed by atoms with Gasteiger partial charge in [-0.3, -0.25) is 0 Å². The maximum atomic E-state index is 13.1. The molecule has 1 atom stereocenters. The summed E-state index contributed by atoms with van der Waals surface area (Å²) in [6.45, 7) is 6.65. The van der Waals surface area contributed by atoms with Crippen molar-refractivity contribution in [3.63, 3.8) is 0 Å². The summed E-state index contributed by atoms with van der Waals surface area (Å²) in [4.78, 5) is 0. The molecule has 3 heteroatoms. The highest BCUT2D eigenvalue weighted by Crippen LogP contribution is 2.08. The van der Waals surface area contributed by atoms with Gasteiger partial charge in [-0.1, -0.05) is 19.1 Å². The van der Waals surface area contributed by atoms with Gasteiger partial charge in [-0.15, -0.1) is 0 Å². The molecule has 0 aromatic heterocycles. The van der Waals surface area contributed by atoms with E-state index in [2.05, 4.69) is 12.2 Å². The molecule has 0 saturated heterocycles. The molecule has 1 rings (SSSR count). The second-order valence-electron chi connectivity index (χ2n) is 4.47. The van der Waals surface area contributed by atoms with Gasteiger partial charge >= 0.3 is 0 Å². The molecule has 1 unspecified atom stereocenters. The molecule has 0 heterocycles. The van der Waals surface area contributed by atoms with Crippen LogP contribution in [0.4, 0.5) is 4.39 Å². The lowest BCUT2D eigenvalue weighted by Crippen LogP contribution is -2.33. The fourth-order valence-electron chi connectivity index (χ4n) is 1.94. The van der Waals surface area contributed by atoms with Crippen LogP contribution in [0.15, 0.2) is 24.3 Å². The van der Waals surface area contributed by atoms with Crippen molar-refractivity contribution in [2.45, 2.75) is 39.2 Å². The first-order chi connectivity index (χ1) is 8.76. The van der Waals surface area contributed by atoms with E-state index in [1.807, 2.05) is 13.0 Å². The first kappa shape index (κ1) is 15.1. The van der Waals surface area contributed by atoms with Crippen molar-refractivity contribution >= 4 is 0 Å². The van der Waals surface area contributed by atoms with Gasteiger partial charge in [0, 0.05) is 19.3 Å². The molecule has 0 bridgehead atoms. The highest BCUT2D eigenvalue weighted by Gasteiger charge is 2.09. The molecule has 18 heavy (non-hydrogen) atoms. The van der Waals surface area contributed by atoms with E-state index in [1.54, 1.807) is 12.1 Å². The quantitative estimate of drug-likeness (QED) is 0.683. The summed E-state index contributed by atoms with van der Waals surface area (Å²) in [5.41, 5.74) is 1.04. The number of ether oxygens (including phenoxy) is 1. The van der Waals surface area contributed by atoms with Gasteiger partial charge in [0.1, 0.15) is 5.82 Å². The Morgan fingerprint density at radius 2 is 2.17 bits per heavy atom. The maximum absolute atomic E-state index is 13.1. The second-order valence-corrected chi connectivity index (χ2v) is 4.47. The van der Waals surface area contributed by atoms with Crippen molar-refractivity contribution in [1.29, 1.82) is 0 Å². The van der Waals surface area contributed by atoms with Crippen molar-refractivity contribution in [2.75, 3.05) is 19.8 Å². The molecule has 0 spiro atoms. The van der Waals surface area contributed by atoms with Gasteiger partial charge in [0.25, 0.3) is 0 Å². The third-order valence-corrected chi connectivity index (χ3v) is 2.87. The molecule has 1 N–H and O–H groups in total. The Morgan fingerprint density at radius 1 is 1.33 bits per heavy atom. The largest absolute Gasteiger partial charge is 0.382 e.